The van der Waals surface area contributed by atoms with E-state index in [-0.39, 0.29) is 23.9 Å². The van der Waals surface area contributed by atoms with Crippen LogP contribution in [0.15, 0.2) is 59.4 Å². The number of aromatic nitrogens is 2. The van der Waals surface area contributed by atoms with Crippen LogP contribution in [-0.4, -0.2) is 45.9 Å². The topological polar surface area (TPSA) is 93.5 Å². The zero-order chi connectivity index (χ0) is 26.7. The Bertz CT molecular complexity index is 1410. The highest BCUT2D eigenvalue weighted by Gasteiger charge is 2.42. The maximum Gasteiger partial charge on any atom is 0.347 e. The summed E-state index contributed by atoms with van der Waals surface area (Å²) in [5, 5.41) is 3.18. The molecule has 2 aliphatic rings. The molecule has 8 nitrogen and oxygen atoms in total. The third kappa shape index (κ3) is 5.64. The number of hydrogen-bond acceptors (Lipinski definition) is 5. The summed E-state index contributed by atoms with van der Waals surface area (Å²) in [6.45, 7) is 5.49. The highest BCUT2D eigenvalue weighted by Crippen LogP contribution is 2.37. The molecule has 0 radical (unpaired) electrons. The average molecular weight is 515 g/mol. The van der Waals surface area contributed by atoms with Crippen molar-refractivity contribution >= 4 is 11.8 Å². The molecule has 0 aliphatic carbocycles. The first-order chi connectivity index (χ1) is 18.3. The third-order valence-corrected chi connectivity index (χ3v) is 7.72. The van der Waals surface area contributed by atoms with E-state index in [9.17, 15) is 14.4 Å². The van der Waals surface area contributed by atoms with Gasteiger partial charge < -0.3 is 15.0 Å². The average Bonchev–Trinajstić information content (AvgIpc) is 2.88. The van der Waals surface area contributed by atoms with Crippen molar-refractivity contribution in [3.05, 3.63) is 87.6 Å². The first-order valence-corrected chi connectivity index (χ1v) is 13.3. The van der Waals surface area contributed by atoms with Gasteiger partial charge >= 0.3 is 5.69 Å². The Morgan fingerprint density at radius 1 is 1.00 bits per heavy atom. The van der Waals surface area contributed by atoms with E-state index in [2.05, 4.69) is 10.3 Å². The number of rotatable bonds is 3. The Morgan fingerprint density at radius 3 is 2.39 bits per heavy atom. The lowest BCUT2D eigenvalue weighted by molar-refractivity contribution is -0.140. The summed E-state index contributed by atoms with van der Waals surface area (Å²) < 4.78 is 7.67. The van der Waals surface area contributed by atoms with Crippen molar-refractivity contribution in [2.75, 3.05) is 19.6 Å². The van der Waals surface area contributed by atoms with Gasteiger partial charge in [-0.25, -0.2) is 4.79 Å². The van der Waals surface area contributed by atoms with Crippen LogP contribution in [0, 0.1) is 19.3 Å². The van der Waals surface area contributed by atoms with E-state index in [0.29, 0.717) is 57.6 Å². The van der Waals surface area contributed by atoms with Gasteiger partial charge in [-0.1, -0.05) is 24.3 Å². The molecule has 2 aliphatic heterocycles. The normalized spacial score (nSPS) is 17.0. The van der Waals surface area contributed by atoms with E-state index in [1.54, 1.807) is 11.5 Å². The molecule has 38 heavy (non-hydrogen) atoms. The number of benzene rings is 2. The maximum absolute atomic E-state index is 13.6. The molecular formula is C30H34N4O4. The fraction of sp³-hybridized carbons (Fsp3) is 0.400. The summed E-state index contributed by atoms with van der Waals surface area (Å²) in [5.41, 5.74) is 2.68. The number of piperidine rings is 1. The number of carbonyl (C=O) groups excluding carboxylic acids is 2. The predicted octanol–water partition coefficient (Wildman–Crippen LogP) is 3.57. The molecule has 1 aromatic heterocycles. The fourth-order valence-electron chi connectivity index (χ4n) is 5.60. The minimum absolute atomic E-state index is 0.00792. The van der Waals surface area contributed by atoms with Crippen molar-refractivity contribution < 1.29 is 14.3 Å². The number of carbonyl (C=O) groups is 2. The van der Waals surface area contributed by atoms with Crippen molar-refractivity contribution in [3.8, 4) is 11.5 Å². The summed E-state index contributed by atoms with van der Waals surface area (Å²) in [6.07, 6.45) is 2.68. The summed E-state index contributed by atoms with van der Waals surface area (Å²) in [7, 11) is 0. The summed E-state index contributed by atoms with van der Waals surface area (Å²) in [5.74, 6) is 1.56. The second kappa shape index (κ2) is 10.8. The van der Waals surface area contributed by atoms with Gasteiger partial charge in [0.2, 0.25) is 11.8 Å². The second-order valence-electron chi connectivity index (χ2n) is 10.5. The van der Waals surface area contributed by atoms with Gasteiger partial charge in [0.05, 0.1) is 5.41 Å². The van der Waals surface area contributed by atoms with Crippen LogP contribution in [0.5, 0.6) is 11.5 Å². The van der Waals surface area contributed by atoms with Gasteiger partial charge in [0, 0.05) is 44.0 Å². The number of nitrogens with one attached hydrogen (secondary N) is 1. The molecule has 2 aromatic carbocycles. The van der Waals surface area contributed by atoms with E-state index in [1.807, 2.05) is 66.4 Å². The van der Waals surface area contributed by atoms with E-state index in [1.165, 1.54) is 0 Å². The Labute approximate surface area is 222 Å². The Kier molecular flexibility index (Phi) is 7.31. The molecule has 0 unspecified atom stereocenters. The summed E-state index contributed by atoms with van der Waals surface area (Å²) in [4.78, 5) is 44.8. The molecule has 4 bridgehead atoms. The quantitative estimate of drug-likeness (QED) is 0.577. The lowest BCUT2D eigenvalue weighted by atomic mass is 9.72. The lowest BCUT2D eigenvalue weighted by Crippen LogP contribution is -2.51. The van der Waals surface area contributed by atoms with Gasteiger partial charge in [-0.05, 0) is 81.0 Å². The lowest BCUT2D eigenvalue weighted by Gasteiger charge is -2.41. The minimum Gasteiger partial charge on any atom is -0.457 e. The van der Waals surface area contributed by atoms with E-state index >= 15 is 0 Å². The van der Waals surface area contributed by atoms with Gasteiger partial charge in [0.15, 0.2) is 0 Å². The van der Waals surface area contributed by atoms with Crippen LogP contribution in [0.3, 0.4) is 0 Å². The van der Waals surface area contributed by atoms with Crippen LogP contribution in [0.1, 0.15) is 41.8 Å². The molecule has 2 amide bonds. The summed E-state index contributed by atoms with van der Waals surface area (Å²) >= 11 is 0. The Morgan fingerprint density at radius 2 is 1.68 bits per heavy atom. The predicted molar refractivity (Wildman–Crippen MR) is 144 cm³/mol. The number of fused-ring (bicyclic) bond motifs is 4. The van der Waals surface area contributed by atoms with Gasteiger partial charge in [0.1, 0.15) is 11.5 Å². The van der Waals surface area contributed by atoms with Crippen molar-refractivity contribution in [1.29, 1.82) is 0 Å². The first kappa shape index (κ1) is 25.7. The molecule has 8 heteroatoms. The van der Waals surface area contributed by atoms with Crippen LogP contribution in [0.25, 0.3) is 0 Å². The fourth-order valence-corrected chi connectivity index (χ4v) is 5.60. The molecule has 5 rings (SSSR count). The zero-order valence-electron chi connectivity index (χ0n) is 22.0. The van der Waals surface area contributed by atoms with Gasteiger partial charge in [-0.2, -0.15) is 4.98 Å². The molecule has 3 aromatic rings. The number of ether oxygens (including phenoxy) is 1. The largest absolute Gasteiger partial charge is 0.457 e. The van der Waals surface area contributed by atoms with Crippen molar-refractivity contribution in [2.45, 2.75) is 52.5 Å². The highest BCUT2D eigenvalue weighted by atomic mass is 16.5. The van der Waals surface area contributed by atoms with E-state index in [4.69, 9.17) is 4.74 Å². The number of hydrogen-bond donors (Lipinski definition) is 1. The van der Waals surface area contributed by atoms with Crippen LogP contribution in [0.2, 0.25) is 0 Å². The maximum atomic E-state index is 13.6. The molecule has 1 saturated heterocycles. The number of amides is 2. The Balaban J connectivity index is 1.30. The van der Waals surface area contributed by atoms with Crippen LogP contribution in [-0.2, 0) is 29.0 Å². The first-order valence-electron chi connectivity index (χ1n) is 13.3. The number of nitrogens with zero attached hydrogens (tertiary/aromatic N) is 3. The van der Waals surface area contributed by atoms with E-state index in [0.717, 1.165) is 28.3 Å². The van der Waals surface area contributed by atoms with E-state index < -0.39 is 5.41 Å². The van der Waals surface area contributed by atoms with Crippen LogP contribution in [0.4, 0.5) is 0 Å². The van der Waals surface area contributed by atoms with Crippen LogP contribution >= 0.6 is 0 Å². The smallest absolute Gasteiger partial charge is 0.347 e. The van der Waals surface area contributed by atoms with Crippen molar-refractivity contribution in [2.24, 2.45) is 5.41 Å². The molecular weight excluding hydrogens is 480 g/mol. The van der Waals surface area contributed by atoms with Gasteiger partial charge in [-0.15, -0.1) is 0 Å². The van der Waals surface area contributed by atoms with Crippen molar-refractivity contribution in [1.82, 2.24) is 19.8 Å². The zero-order valence-corrected chi connectivity index (χ0v) is 22.0. The van der Waals surface area contributed by atoms with Crippen LogP contribution < -0.4 is 15.7 Å². The number of likely N-dealkylation sites (tertiary alicyclic amines) is 1. The molecule has 1 N–H and O–H groups in total. The molecule has 1 fully saturated rings. The van der Waals surface area contributed by atoms with Crippen molar-refractivity contribution in [3.63, 3.8) is 0 Å². The number of aryl methyl sites for hydroxylation is 2. The van der Waals surface area contributed by atoms with Gasteiger partial charge in [0.25, 0.3) is 0 Å². The standard InChI is InChI=1S/C30H34N4O4/c1-21-17-22(2)34(29(37)32-21)14-10-27(35)33-15-11-30(12-16-33)20-24-6-4-8-26(19-24)38-25-7-3-5-23(18-25)9-13-31-28(30)36/h3-8,17-19H,9-16,20H2,1-2H3,(H,31,36). The monoisotopic (exact) mass is 514 g/mol. The Hall–Kier alpha value is -3.94. The third-order valence-electron chi connectivity index (χ3n) is 7.72. The molecule has 1 spiro atoms. The minimum atomic E-state index is -0.601. The molecule has 3 heterocycles. The molecule has 0 saturated carbocycles. The van der Waals surface area contributed by atoms with Gasteiger partial charge in [-0.3, -0.25) is 14.2 Å². The summed E-state index contributed by atoms with van der Waals surface area (Å²) in [6, 6.07) is 17.7. The molecule has 198 valence electrons. The second-order valence-corrected chi connectivity index (χ2v) is 10.5. The SMILES string of the molecule is Cc1cc(C)n(CCC(=O)N2CCC3(CC2)Cc2cccc(c2)Oc2cccc(c2)CCNC3=O)c(=O)n1. The highest BCUT2D eigenvalue weighted by molar-refractivity contribution is 5.84. The molecule has 0 atom stereocenters.